The number of rotatable bonds is 8. The minimum absolute atomic E-state index is 0.0156. The minimum Gasteiger partial charge on any atom is -0.486 e. The Morgan fingerprint density at radius 3 is 2.37 bits per heavy atom. The molecular weight excluding hydrogens is 437 g/mol. The van der Waals surface area contributed by atoms with E-state index in [-0.39, 0.29) is 45.3 Å². The zero-order valence-electron chi connectivity index (χ0n) is 14.1. The molecule has 0 amide bonds. The first-order valence-electron chi connectivity index (χ1n) is 7.73. The van der Waals surface area contributed by atoms with Crippen LogP contribution in [0.3, 0.4) is 0 Å². The quantitative estimate of drug-likeness (QED) is 0.610. The normalized spacial score (nSPS) is 11.3. The molecule has 0 unspecified atom stereocenters. The Kier molecular flexibility index (Phi) is 7.22. The van der Waals surface area contributed by atoms with Crippen LogP contribution in [0.15, 0.2) is 30.3 Å². The molecule has 0 fully saturated rings. The zero-order valence-corrected chi connectivity index (χ0v) is 17.2. The van der Waals surface area contributed by atoms with E-state index in [4.69, 9.17) is 44.6 Å². The number of hydrogen-bond acceptors (Lipinski definition) is 4. The average Bonchev–Trinajstić information content (AvgIpc) is 2.56. The van der Waals surface area contributed by atoms with Crippen LogP contribution in [0, 0.1) is 0 Å². The second kappa shape index (κ2) is 9.01. The van der Waals surface area contributed by atoms with Gasteiger partial charge in [0.1, 0.15) is 6.61 Å². The molecule has 2 N–H and O–H groups in total. The van der Waals surface area contributed by atoms with Crippen molar-refractivity contribution in [1.29, 1.82) is 0 Å². The number of carbonyl (C=O) groups is 1. The SMILES string of the molecule is CCS(=O)(=O)Nc1cccc(COc2c(Cl)cc(CC(=O)O)cc2Cl)c1Cl. The highest BCUT2D eigenvalue weighted by atomic mass is 35.5. The lowest BCUT2D eigenvalue weighted by Gasteiger charge is -2.14. The van der Waals surface area contributed by atoms with Crippen molar-refractivity contribution in [3.05, 3.63) is 56.5 Å². The topological polar surface area (TPSA) is 92.7 Å². The summed E-state index contributed by atoms with van der Waals surface area (Å²) in [5, 5.41) is 9.37. The van der Waals surface area contributed by atoms with Crippen LogP contribution in [0.5, 0.6) is 5.75 Å². The molecule has 0 aliphatic heterocycles. The van der Waals surface area contributed by atoms with Gasteiger partial charge in [-0.05, 0) is 30.7 Å². The number of halogens is 3. The average molecular weight is 453 g/mol. The van der Waals surface area contributed by atoms with Gasteiger partial charge >= 0.3 is 5.97 Å². The van der Waals surface area contributed by atoms with Gasteiger partial charge in [0.2, 0.25) is 10.0 Å². The van der Waals surface area contributed by atoms with Crippen molar-refractivity contribution in [2.45, 2.75) is 20.0 Å². The van der Waals surface area contributed by atoms with Crippen molar-refractivity contribution < 1.29 is 23.1 Å². The molecule has 0 bridgehead atoms. The molecule has 10 heteroatoms. The van der Waals surface area contributed by atoms with Gasteiger partial charge in [-0.1, -0.05) is 46.9 Å². The minimum atomic E-state index is -3.47. The standard InChI is InChI=1S/C17H16Cl3NO5S/c1-2-27(24,25)21-14-5-3-4-11(16(14)20)9-26-17-12(18)6-10(7-13(17)19)8-15(22)23/h3-7,21H,2,8-9H2,1H3,(H,22,23). The number of aliphatic carboxylic acids is 1. The summed E-state index contributed by atoms with van der Waals surface area (Å²) >= 11 is 18.5. The van der Waals surface area contributed by atoms with Gasteiger partial charge in [-0.25, -0.2) is 8.42 Å². The fourth-order valence-corrected chi connectivity index (χ4v) is 3.76. The van der Waals surface area contributed by atoms with Crippen LogP contribution in [-0.4, -0.2) is 25.2 Å². The molecule has 0 heterocycles. The largest absolute Gasteiger partial charge is 0.486 e. The van der Waals surface area contributed by atoms with Gasteiger partial charge in [-0.2, -0.15) is 0 Å². The Morgan fingerprint density at radius 1 is 1.19 bits per heavy atom. The summed E-state index contributed by atoms with van der Waals surface area (Å²) in [5.74, 6) is -0.908. The number of carboxylic acids is 1. The molecule has 2 rings (SSSR count). The Hall–Kier alpha value is -1.67. The Labute approximate surface area is 172 Å². The maximum atomic E-state index is 11.7. The van der Waals surface area contributed by atoms with E-state index in [1.165, 1.54) is 19.1 Å². The van der Waals surface area contributed by atoms with Crippen LogP contribution in [0.2, 0.25) is 15.1 Å². The summed E-state index contributed by atoms with van der Waals surface area (Å²) < 4.78 is 31.5. The van der Waals surface area contributed by atoms with Gasteiger partial charge in [0, 0.05) is 5.56 Å². The highest BCUT2D eigenvalue weighted by Gasteiger charge is 2.15. The van der Waals surface area contributed by atoms with E-state index in [2.05, 4.69) is 4.72 Å². The number of ether oxygens (including phenoxy) is 1. The molecule has 0 saturated carbocycles. The van der Waals surface area contributed by atoms with Gasteiger partial charge in [0.05, 0.1) is 32.9 Å². The lowest BCUT2D eigenvalue weighted by atomic mass is 10.1. The molecule has 146 valence electrons. The molecule has 27 heavy (non-hydrogen) atoms. The summed E-state index contributed by atoms with van der Waals surface area (Å²) in [6, 6.07) is 7.78. The molecule has 0 aliphatic carbocycles. The first-order valence-corrected chi connectivity index (χ1v) is 10.5. The molecule has 6 nitrogen and oxygen atoms in total. The first-order chi connectivity index (χ1) is 12.6. The van der Waals surface area contributed by atoms with Gasteiger partial charge in [0.25, 0.3) is 0 Å². The number of nitrogens with one attached hydrogen (secondary N) is 1. The third kappa shape index (κ3) is 5.90. The Bertz CT molecular complexity index is 940. The lowest BCUT2D eigenvalue weighted by Crippen LogP contribution is -2.15. The number of carboxylic acid groups (broad SMARTS) is 1. The second-order valence-corrected chi connectivity index (χ2v) is 8.74. The van der Waals surface area contributed by atoms with Gasteiger partial charge < -0.3 is 9.84 Å². The van der Waals surface area contributed by atoms with Crippen molar-refractivity contribution in [3.8, 4) is 5.75 Å². The van der Waals surface area contributed by atoms with Gasteiger partial charge in [-0.3, -0.25) is 9.52 Å². The fourth-order valence-electron chi connectivity index (χ4n) is 2.19. The van der Waals surface area contributed by atoms with Crippen molar-refractivity contribution in [2.75, 3.05) is 10.5 Å². The summed E-state index contributed by atoms with van der Waals surface area (Å²) in [4.78, 5) is 10.8. The molecule has 0 aromatic heterocycles. The second-order valence-electron chi connectivity index (χ2n) is 5.53. The van der Waals surface area contributed by atoms with Crippen LogP contribution >= 0.6 is 34.8 Å². The van der Waals surface area contributed by atoms with E-state index in [1.807, 2.05) is 0 Å². The third-order valence-corrected chi connectivity index (χ3v) is 5.81. The Morgan fingerprint density at radius 2 is 1.81 bits per heavy atom. The third-order valence-electron chi connectivity index (χ3n) is 3.51. The first kappa shape index (κ1) is 21.6. The fraction of sp³-hybridized carbons (Fsp3) is 0.235. The van der Waals surface area contributed by atoms with Crippen molar-refractivity contribution in [1.82, 2.24) is 0 Å². The maximum Gasteiger partial charge on any atom is 0.307 e. The molecule has 0 aliphatic rings. The van der Waals surface area contributed by atoms with Crippen molar-refractivity contribution in [3.63, 3.8) is 0 Å². The lowest BCUT2D eigenvalue weighted by molar-refractivity contribution is -0.136. The number of anilines is 1. The maximum absolute atomic E-state index is 11.7. The molecule has 2 aromatic carbocycles. The highest BCUT2D eigenvalue weighted by Crippen LogP contribution is 2.36. The predicted molar refractivity (Wildman–Crippen MR) is 107 cm³/mol. The molecule has 0 spiro atoms. The Balaban J connectivity index is 2.21. The van der Waals surface area contributed by atoms with E-state index in [9.17, 15) is 13.2 Å². The number of sulfonamides is 1. The zero-order chi connectivity index (χ0) is 20.2. The number of hydrogen-bond donors (Lipinski definition) is 2. The van der Waals surface area contributed by atoms with Crippen LogP contribution in [-0.2, 0) is 27.8 Å². The van der Waals surface area contributed by atoms with Crippen molar-refractivity contribution in [2.24, 2.45) is 0 Å². The molecule has 0 atom stereocenters. The molecule has 0 radical (unpaired) electrons. The van der Waals surface area contributed by atoms with Crippen LogP contribution < -0.4 is 9.46 Å². The van der Waals surface area contributed by atoms with E-state index in [0.29, 0.717) is 11.1 Å². The monoisotopic (exact) mass is 451 g/mol. The summed E-state index contributed by atoms with van der Waals surface area (Å²) in [5.41, 5.74) is 1.21. The van der Waals surface area contributed by atoms with Gasteiger partial charge in [-0.15, -0.1) is 0 Å². The van der Waals surface area contributed by atoms with Crippen LogP contribution in [0.4, 0.5) is 5.69 Å². The number of benzene rings is 2. The highest BCUT2D eigenvalue weighted by molar-refractivity contribution is 7.92. The molecule has 0 saturated heterocycles. The van der Waals surface area contributed by atoms with Crippen molar-refractivity contribution >= 4 is 56.5 Å². The molecular formula is C17H16Cl3NO5S. The van der Waals surface area contributed by atoms with E-state index in [1.54, 1.807) is 18.2 Å². The van der Waals surface area contributed by atoms with Gasteiger partial charge in [0.15, 0.2) is 5.75 Å². The van der Waals surface area contributed by atoms with E-state index in [0.717, 1.165) is 0 Å². The summed E-state index contributed by atoms with van der Waals surface area (Å²) in [7, 11) is -3.47. The predicted octanol–water partition coefficient (Wildman–Crippen LogP) is 4.61. The summed E-state index contributed by atoms with van der Waals surface area (Å²) in [6.07, 6.45) is -0.217. The van der Waals surface area contributed by atoms with E-state index >= 15 is 0 Å². The van der Waals surface area contributed by atoms with Crippen LogP contribution in [0.25, 0.3) is 0 Å². The van der Waals surface area contributed by atoms with Crippen LogP contribution in [0.1, 0.15) is 18.1 Å². The smallest absolute Gasteiger partial charge is 0.307 e. The summed E-state index contributed by atoms with van der Waals surface area (Å²) in [6.45, 7) is 1.50. The molecule has 2 aromatic rings. The van der Waals surface area contributed by atoms with E-state index < -0.39 is 16.0 Å².